The van der Waals surface area contributed by atoms with E-state index < -0.39 is 5.60 Å². The highest BCUT2D eigenvalue weighted by molar-refractivity contribution is 5.93. The van der Waals surface area contributed by atoms with Gasteiger partial charge in [-0.15, -0.1) is 0 Å². The number of fused-ring (bicyclic) bond motifs is 1. The second-order valence-corrected chi connectivity index (χ2v) is 7.03. The van der Waals surface area contributed by atoms with E-state index in [9.17, 15) is 9.90 Å². The number of para-hydroxylation sites is 1. The molecule has 0 atom stereocenters. The Labute approximate surface area is 152 Å². The van der Waals surface area contributed by atoms with E-state index in [1.807, 2.05) is 24.3 Å². The average molecular weight is 347 g/mol. The van der Waals surface area contributed by atoms with Gasteiger partial charge in [-0.1, -0.05) is 31.9 Å². The van der Waals surface area contributed by atoms with Crippen LogP contribution in [0, 0.1) is 11.8 Å². The van der Waals surface area contributed by atoms with Crippen molar-refractivity contribution < 1.29 is 5.11 Å². The number of nitrogens with one attached hydrogen (secondary N) is 1. The zero-order valence-electron chi connectivity index (χ0n) is 15.3. The third kappa shape index (κ3) is 3.66. The summed E-state index contributed by atoms with van der Waals surface area (Å²) in [6, 6.07) is 9.33. The Morgan fingerprint density at radius 1 is 1.15 bits per heavy atom. The van der Waals surface area contributed by atoms with Crippen LogP contribution in [-0.4, -0.2) is 25.7 Å². The molecule has 0 spiro atoms. The van der Waals surface area contributed by atoms with Crippen LogP contribution < -0.4 is 5.56 Å². The van der Waals surface area contributed by atoms with Gasteiger partial charge in [-0.2, -0.15) is 0 Å². The summed E-state index contributed by atoms with van der Waals surface area (Å²) in [6.45, 7) is 7.39. The average Bonchev–Trinajstić information content (AvgIpc) is 2.59. The second-order valence-electron chi connectivity index (χ2n) is 7.03. The first-order valence-electron chi connectivity index (χ1n) is 8.49. The molecular formula is C21H21N3O2. The Bertz CT molecular complexity index is 1080. The number of rotatable bonds is 2. The Morgan fingerprint density at radius 2 is 1.92 bits per heavy atom. The fourth-order valence-corrected chi connectivity index (χ4v) is 2.75. The lowest BCUT2D eigenvalue weighted by Crippen LogP contribution is -2.14. The van der Waals surface area contributed by atoms with Crippen molar-refractivity contribution in [1.29, 1.82) is 0 Å². The topological polar surface area (TPSA) is 78.9 Å². The molecule has 2 heterocycles. The van der Waals surface area contributed by atoms with Gasteiger partial charge >= 0.3 is 0 Å². The summed E-state index contributed by atoms with van der Waals surface area (Å²) in [6.07, 6.45) is 1.42. The summed E-state index contributed by atoms with van der Waals surface area (Å²) in [7, 11) is 0. The molecule has 0 bridgehead atoms. The van der Waals surface area contributed by atoms with E-state index in [-0.39, 0.29) is 11.5 Å². The number of aromatic nitrogens is 3. The van der Waals surface area contributed by atoms with Crippen LogP contribution in [0.25, 0.3) is 22.0 Å². The normalized spacial score (nSPS) is 11.5. The number of nitrogens with zero attached hydrogens (tertiary/aromatic N) is 2. The van der Waals surface area contributed by atoms with Gasteiger partial charge in [0.05, 0.1) is 22.9 Å². The first-order chi connectivity index (χ1) is 12.3. The SMILES string of the molecule is CC(C)c1nc(C#CC(C)(C)O)ccc1-c1cccc2c(=O)[nH]cnc12. The van der Waals surface area contributed by atoms with E-state index in [2.05, 4.69) is 40.6 Å². The minimum Gasteiger partial charge on any atom is -0.378 e. The van der Waals surface area contributed by atoms with E-state index in [1.54, 1.807) is 19.9 Å². The maximum atomic E-state index is 12.1. The molecule has 5 heteroatoms. The minimum absolute atomic E-state index is 0.158. The Kier molecular flexibility index (Phi) is 4.62. The zero-order chi connectivity index (χ0) is 18.9. The summed E-state index contributed by atoms with van der Waals surface area (Å²) in [5, 5.41) is 10.3. The molecule has 1 aromatic carbocycles. The third-order valence-corrected chi connectivity index (χ3v) is 3.93. The molecule has 0 aliphatic heterocycles. The van der Waals surface area contributed by atoms with Crippen LogP contribution in [0.1, 0.15) is 45.0 Å². The summed E-state index contributed by atoms with van der Waals surface area (Å²) in [5.41, 5.74) is 2.69. The van der Waals surface area contributed by atoms with E-state index in [1.165, 1.54) is 6.33 Å². The van der Waals surface area contributed by atoms with E-state index >= 15 is 0 Å². The highest BCUT2D eigenvalue weighted by Gasteiger charge is 2.15. The second kappa shape index (κ2) is 6.74. The molecule has 2 N–H and O–H groups in total. The van der Waals surface area contributed by atoms with Crippen molar-refractivity contribution in [3.05, 3.63) is 58.4 Å². The van der Waals surface area contributed by atoms with E-state index in [4.69, 9.17) is 0 Å². The number of benzene rings is 1. The number of hydrogen-bond donors (Lipinski definition) is 2. The molecule has 132 valence electrons. The molecule has 0 amide bonds. The number of H-pyrrole nitrogens is 1. The molecule has 3 aromatic rings. The minimum atomic E-state index is -1.07. The first-order valence-corrected chi connectivity index (χ1v) is 8.49. The molecule has 0 fully saturated rings. The molecule has 26 heavy (non-hydrogen) atoms. The zero-order valence-corrected chi connectivity index (χ0v) is 15.3. The van der Waals surface area contributed by atoms with Gasteiger partial charge in [0.2, 0.25) is 0 Å². The maximum Gasteiger partial charge on any atom is 0.258 e. The smallest absolute Gasteiger partial charge is 0.258 e. The molecule has 0 radical (unpaired) electrons. The van der Waals surface area contributed by atoms with Crippen LogP contribution in [0.15, 0.2) is 41.5 Å². The summed E-state index contributed by atoms with van der Waals surface area (Å²) >= 11 is 0. The Balaban J connectivity index is 2.21. The van der Waals surface area contributed by atoms with E-state index in [0.717, 1.165) is 16.8 Å². The van der Waals surface area contributed by atoms with Gasteiger partial charge in [0.25, 0.3) is 5.56 Å². The highest BCUT2D eigenvalue weighted by Crippen LogP contribution is 2.31. The van der Waals surface area contributed by atoms with Crippen molar-refractivity contribution in [2.75, 3.05) is 0 Å². The van der Waals surface area contributed by atoms with Gasteiger partial charge in [0.1, 0.15) is 11.3 Å². The van der Waals surface area contributed by atoms with Crippen LogP contribution >= 0.6 is 0 Å². The monoisotopic (exact) mass is 347 g/mol. The van der Waals surface area contributed by atoms with Crippen molar-refractivity contribution in [3.8, 4) is 23.0 Å². The van der Waals surface area contributed by atoms with Gasteiger partial charge < -0.3 is 10.1 Å². The van der Waals surface area contributed by atoms with Crippen LogP contribution in [0.3, 0.4) is 0 Å². The maximum absolute atomic E-state index is 12.1. The lowest BCUT2D eigenvalue weighted by atomic mass is 9.95. The quantitative estimate of drug-likeness (QED) is 0.698. The molecule has 0 aliphatic rings. The molecule has 3 rings (SSSR count). The first kappa shape index (κ1) is 17.8. The fourth-order valence-electron chi connectivity index (χ4n) is 2.75. The number of hydrogen-bond acceptors (Lipinski definition) is 4. The van der Waals surface area contributed by atoms with Gasteiger partial charge in [0, 0.05) is 11.1 Å². The lowest BCUT2D eigenvalue weighted by Gasteiger charge is -2.14. The lowest BCUT2D eigenvalue weighted by molar-refractivity contribution is 0.143. The molecular weight excluding hydrogens is 326 g/mol. The molecule has 0 saturated carbocycles. The molecule has 2 aromatic heterocycles. The van der Waals surface area contributed by atoms with Crippen LogP contribution in [0.4, 0.5) is 0 Å². The van der Waals surface area contributed by atoms with Gasteiger partial charge in [-0.3, -0.25) is 4.79 Å². The Morgan fingerprint density at radius 3 is 2.62 bits per heavy atom. The standard InChI is InChI=1S/C21H21N3O2/c1-13(2)18-16(9-8-14(24-18)10-11-21(3,4)26)15-6-5-7-17-19(15)22-12-23-20(17)25/h5-9,12-13,26H,1-4H3,(H,22,23,25). The Hall–Kier alpha value is -2.97. The predicted octanol–water partition coefficient (Wildman–Crippen LogP) is 3.23. The van der Waals surface area contributed by atoms with Crippen molar-refractivity contribution in [2.24, 2.45) is 0 Å². The number of aliphatic hydroxyl groups is 1. The summed E-state index contributed by atoms with van der Waals surface area (Å²) in [4.78, 5) is 23.7. The van der Waals surface area contributed by atoms with Crippen molar-refractivity contribution in [2.45, 2.75) is 39.2 Å². The van der Waals surface area contributed by atoms with Crippen LogP contribution in [0.2, 0.25) is 0 Å². The van der Waals surface area contributed by atoms with Gasteiger partial charge in [-0.05, 0) is 43.9 Å². The molecule has 0 saturated heterocycles. The van der Waals surface area contributed by atoms with Gasteiger partial charge in [0.15, 0.2) is 0 Å². The fraction of sp³-hybridized carbons (Fsp3) is 0.286. The van der Waals surface area contributed by atoms with Crippen LogP contribution in [0.5, 0.6) is 0 Å². The highest BCUT2D eigenvalue weighted by atomic mass is 16.3. The third-order valence-electron chi connectivity index (χ3n) is 3.93. The molecule has 5 nitrogen and oxygen atoms in total. The van der Waals surface area contributed by atoms with E-state index in [0.29, 0.717) is 16.6 Å². The molecule has 0 unspecified atom stereocenters. The predicted molar refractivity (Wildman–Crippen MR) is 103 cm³/mol. The summed E-state index contributed by atoms with van der Waals surface area (Å²) in [5.74, 6) is 5.87. The number of aromatic amines is 1. The van der Waals surface area contributed by atoms with Crippen molar-refractivity contribution in [3.63, 3.8) is 0 Å². The van der Waals surface area contributed by atoms with Crippen molar-refractivity contribution >= 4 is 10.9 Å². The largest absolute Gasteiger partial charge is 0.378 e. The van der Waals surface area contributed by atoms with Crippen LogP contribution in [-0.2, 0) is 0 Å². The van der Waals surface area contributed by atoms with Gasteiger partial charge in [-0.25, -0.2) is 9.97 Å². The molecule has 0 aliphatic carbocycles. The number of pyridine rings is 1. The summed E-state index contributed by atoms with van der Waals surface area (Å²) < 4.78 is 0. The van der Waals surface area contributed by atoms with Crippen molar-refractivity contribution in [1.82, 2.24) is 15.0 Å².